The first-order chi connectivity index (χ1) is 10.1. The molecule has 0 spiro atoms. The topological polar surface area (TPSA) is 44.5 Å². The molecule has 1 aliphatic rings. The number of thiocarbonyl (C=S) groups is 1. The van der Waals surface area contributed by atoms with Gasteiger partial charge in [0.05, 0.1) is 0 Å². The van der Waals surface area contributed by atoms with Crippen LogP contribution in [0.2, 0.25) is 0 Å². The number of nitrogens with two attached hydrogens (primary N) is 1. The molecule has 1 heterocycles. The fourth-order valence-electron chi connectivity index (χ4n) is 2.32. The summed E-state index contributed by atoms with van der Waals surface area (Å²) >= 11 is 4.76. The van der Waals surface area contributed by atoms with E-state index in [2.05, 4.69) is 0 Å². The van der Waals surface area contributed by atoms with Crippen LogP contribution in [0.1, 0.15) is 11.1 Å². The molecule has 2 aromatic rings. The van der Waals surface area contributed by atoms with Gasteiger partial charge >= 0.3 is 0 Å². The van der Waals surface area contributed by atoms with Crippen molar-refractivity contribution in [3.8, 4) is 11.5 Å². The summed E-state index contributed by atoms with van der Waals surface area (Å²) in [7, 11) is 0. The van der Waals surface area contributed by atoms with Gasteiger partial charge in [0.1, 0.15) is 35.0 Å². The molecular weight excluding hydrogens is 289 g/mol. The van der Waals surface area contributed by atoms with E-state index in [-0.39, 0.29) is 16.7 Å². The summed E-state index contributed by atoms with van der Waals surface area (Å²) in [5, 5.41) is 0. The molecule has 2 aromatic carbocycles. The van der Waals surface area contributed by atoms with Crippen molar-refractivity contribution < 1.29 is 13.9 Å². The summed E-state index contributed by atoms with van der Waals surface area (Å²) in [5.74, 6) is 0.851. The lowest BCUT2D eigenvalue weighted by Gasteiger charge is -2.13. The molecule has 21 heavy (non-hydrogen) atoms. The van der Waals surface area contributed by atoms with Gasteiger partial charge in [0.25, 0.3) is 0 Å². The van der Waals surface area contributed by atoms with Gasteiger partial charge in [-0.05, 0) is 23.8 Å². The van der Waals surface area contributed by atoms with E-state index < -0.39 is 5.82 Å². The Morgan fingerprint density at radius 2 is 2.14 bits per heavy atom. The first-order valence-electron chi connectivity index (χ1n) is 6.60. The lowest BCUT2D eigenvalue weighted by molar-refractivity contribution is 0.148. The minimum Gasteiger partial charge on any atom is -0.490 e. The maximum Gasteiger partial charge on any atom is 0.137 e. The molecule has 1 atom stereocenters. The molecule has 0 saturated carbocycles. The smallest absolute Gasteiger partial charge is 0.137 e. The molecule has 1 aliphatic heterocycles. The SMILES string of the molecule is NC(=S)c1ccc(OCC2Cc3ccccc3O2)cc1F. The van der Waals surface area contributed by atoms with E-state index in [4.69, 9.17) is 27.4 Å². The summed E-state index contributed by atoms with van der Waals surface area (Å²) in [5.41, 5.74) is 6.81. The van der Waals surface area contributed by atoms with Crippen molar-refractivity contribution in [1.29, 1.82) is 0 Å². The molecule has 0 saturated heterocycles. The Bertz CT molecular complexity index is 665. The normalized spacial score (nSPS) is 16.1. The highest BCUT2D eigenvalue weighted by molar-refractivity contribution is 7.80. The predicted octanol–water partition coefficient (Wildman–Crippen LogP) is 2.84. The maximum absolute atomic E-state index is 13.7. The molecule has 108 valence electrons. The number of ether oxygens (including phenoxy) is 2. The standard InChI is InChI=1S/C16H14FNO2S/c17-14-8-11(5-6-13(14)16(18)21)19-9-12-7-10-3-1-2-4-15(10)20-12/h1-6,8,12H,7,9H2,(H2,18,21). The van der Waals surface area contributed by atoms with E-state index in [1.807, 2.05) is 24.3 Å². The molecule has 1 unspecified atom stereocenters. The number of hydrogen-bond acceptors (Lipinski definition) is 3. The van der Waals surface area contributed by atoms with Crippen molar-refractivity contribution in [3.63, 3.8) is 0 Å². The summed E-state index contributed by atoms with van der Waals surface area (Å²) < 4.78 is 25.1. The van der Waals surface area contributed by atoms with Crippen LogP contribution in [0.25, 0.3) is 0 Å². The zero-order valence-corrected chi connectivity index (χ0v) is 12.0. The van der Waals surface area contributed by atoms with Crippen molar-refractivity contribution in [3.05, 3.63) is 59.4 Å². The first-order valence-corrected chi connectivity index (χ1v) is 7.01. The molecule has 3 nitrogen and oxygen atoms in total. The molecule has 2 N–H and O–H groups in total. The Kier molecular flexibility index (Phi) is 3.75. The third kappa shape index (κ3) is 2.97. The van der Waals surface area contributed by atoms with Crippen LogP contribution in [0, 0.1) is 5.82 Å². The second-order valence-electron chi connectivity index (χ2n) is 4.87. The lowest BCUT2D eigenvalue weighted by atomic mass is 10.1. The number of para-hydroxylation sites is 1. The fraction of sp³-hybridized carbons (Fsp3) is 0.188. The van der Waals surface area contributed by atoms with Crippen LogP contribution < -0.4 is 15.2 Å². The van der Waals surface area contributed by atoms with E-state index in [0.717, 1.165) is 12.2 Å². The van der Waals surface area contributed by atoms with Crippen LogP contribution in [0.5, 0.6) is 11.5 Å². The molecule has 0 amide bonds. The van der Waals surface area contributed by atoms with Crippen molar-refractivity contribution >= 4 is 17.2 Å². The van der Waals surface area contributed by atoms with Gasteiger partial charge in [-0.25, -0.2) is 4.39 Å². The van der Waals surface area contributed by atoms with Crippen molar-refractivity contribution in [2.45, 2.75) is 12.5 Å². The van der Waals surface area contributed by atoms with Crippen molar-refractivity contribution in [1.82, 2.24) is 0 Å². The minimum absolute atomic E-state index is 0.0358. The van der Waals surface area contributed by atoms with Gasteiger partial charge in [-0.2, -0.15) is 0 Å². The Labute approximate surface area is 127 Å². The van der Waals surface area contributed by atoms with Gasteiger partial charge in [0.15, 0.2) is 0 Å². The molecule has 0 fully saturated rings. The molecule has 0 aliphatic carbocycles. The van der Waals surface area contributed by atoms with Crippen molar-refractivity contribution in [2.24, 2.45) is 5.73 Å². The van der Waals surface area contributed by atoms with E-state index in [1.54, 1.807) is 6.07 Å². The summed E-state index contributed by atoms with van der Waals surface area (Å²) in [6, 6.07) is 12.4. The Hall–Kier alpha value is -2.14. The van der Waals surface area contributed by atoms with E-state index in [0.29, 0.717) is 12.4 Å². The van der Waals surface area contributed by atoms with Gasteiger partial charge in [-0.1, -0.05) is 30.4 Å². The number of fused-ring (bicyclic) bond motifs is 1. The van der Waals surface area contributed by atoms with Crippen LogP contribution in [-0.4, -0.2) is 17.7 Å². The van der Waals surface area contributed by atoms with Gasteiger partial charge in [0, 0.05) is 18.1 Å². The number of hydrogen-bond donors (Lipinski definition) is 1. The molecule has 0 radical (unpaired) electrons. The molecular formula is C16H14FNO2S. The third-order valence-corrected chi connectivity index (χ3v) is 3.58. The van der Waals surface area contributed by atoms with Gasteiger partial charge in [-0.3, -0.25) is 0 Å². The third-order valence-electron chi connectivity index (χ3n) is 3.36. The summed E-state index contributed by atoms with van der Waals surface area (Å²) in [4.78, 5) is 0.0358. The fourth-order valence-corrected chi connectivity index (χ4v) is 2.49. The second kappa shape index (κ2) is 5.69. The van der Waals surface area contributed by atoms with Crippen molar-refractivity contribution in [2.75, 3.05) is 6.61 Å². The maximum atomic E-state index is 13.7. The number of benzene rings is 2. The molecule has 0 bridgehead atoms. The average Bonchev–Trinajstić information content (AvgIpc) is 2.87. The van der Waals surface area contributed by atoms with Gasteiger partial charge < -0.3 is 15.2 Å². The van der Waals surface area contributed by atoms with E-state index in [1.165, 1.54) is 17.7 Å². The largest absolute Gasteiger partial charge is 0.490 e. The monoisotopic (exact) mass is 303 g/mol. The second-order valence-corrected chi connectivity index (χ2v) is 5.31. The number of halogens is 1. The molecule has 0 aromatic heterocycles. The lowest BCUT2D eigenvalue weighted by Crippen LogP contribution is -2.22. The van der Waals surface area contributed by atoms with Crippen LogP contribution >= 0.6 is 12.2 Å². The Balaban J connectivity index is 1.62. The zero-order valence-electron chi connectivity index (χ0n) is 11.2. The predicted molar refractivity (Wildman–Crippen MR) is 82.3 cm³/mol. The van der Waals surface area contributed by atoms with Gasteiger partial charge in [0.2, 0.25) is 0 Å². The number of rotatable bonds is 4. The summed E-state index contributed by atoms with van der Waals surface area (Å²) in [6.07, 6.45) is 0.740. The van der Waals surface area contributed by atoms with Crippen LogP contribution in [0.15, 0.2) is 42.5 Å². The van der Waals surface area contributed by atoms with Crippen LogP contribution in [0.4, 0.5) is 4.39 Å². The average molecular weight is 303 g/mol. The highest BCUT2D eigenvalue weighted by atomic mass is 32.1. The van der Waals surface area contributed by atoms with E-state index in [9.17, 15) is 4.39 Å². The minimum atomic E-state index is -0.476. The van der Waals surface area contributed by atoms with Crippen LogP contribution in [-0.2, 0) is 6.42 Å². The highest BCUT2D eigenvalue weighted by Crippen LogP contribution is 2.28. The molecule has 3 rings (SSSR count). The quantitative estimate of drug-likeness (QED) is 0.882. The first kappa shape index (κ1) is 13.8. The Morgan fingerprint density at radius 1 is 1.33 bits per heavy atom. The van der Waals surface area contributed by atoms with Crippen LogP contribution in [0.3, 0.4) is 0 Å². The zero-order chi connectivity index (χ0) is 14.8. The highest BCUT2D eigenvalue weighted by Gasteiger charge is 2.22. The van der Waals surface area contributed by atoms with Gasteiger partial charge in [-0.15, -0.1) is 0 Å². The van der Waals surface area contributed by atoms with E-state index >= 15 is 0 Å². The summed E-state index contributed by atoms with van der Waals surface area (Å²) in [6.45, 7) is 0.362. The Morgan fingerprint density at radius 3 is 2.86 bits per heavy atom. The molecule has 5 heteroatoms.